The van der Waals surface area contributed by atoms with Crippen molar-refractivity contribution in [1.29, 1.82) is 0 Å². The number of fused-ring (bicyclic) bond motifs is 1. The maximum Gasteiger partial charge on any atom is 0.139 e. The first kappa shape index (κ1) is 10.6. The summed E-state index contributed by atoms with van der Waals surface area (Å²) in [7, 11) is 0. The zero-order valence-electron chi connectivity index (χ0n) is 8.69. The molecule has 5 nitrogen and oxygen atoms in total. The Morgan fingerprint density at radius 2 is 2.27 bits per heavy atom. The lowest BCUT2D eigenvalue weighted by molar-refractivity contribution is 0.170. The number of imidazole rings is 1. The Balaban J connectivity index is 2.42. The average Bonchev–Trinajstić information content (AvgIpc) is 2.67. The smallest absolute Gasteiger partial charge is 0.139 e. The first-order valence-corrected chi connectivity index (χ1v) is 5.35. The van der Waals surface area contributed by atoms with Crippen LogP contribution in [-0.2, 0) is 19.6 Å². The maximum atomic E-state index is 9.70. The number of aliphatic hydroxyl groups excluding tert-OH is 2. The van der Waals surface area contributed by atoms with Crippen molar-refractivity contribution in [1.82, 2.24) is 9.55 Å². The second-order valence-electron chi connectivity index (χ2n) is 3.88. The van der Waals surface area contributed by atoms with E-state index in [0.717, 1.165) is 31.5 Å². The highest BCUT2D eigenvalue weighted by atomic mass is 16.3. The summed E-state index contributed by atoms with van der Waals surface area (Å²) in [5, 5.41) is 18.9. The van der Waals surface area contributed by atoms with Crippen molar-refractivity contribution in [2.24, 2.45) is 5.73 Å². The van der Waals surface area contributed by atoms with E-state index in [1.165, 1.54) is 0 Å². The minimum absolute atomic E-state index is 0.0629. The first-order chi connectivity index (χ1) is 7.27. The molecule has 84 valence electrons. The molecule has 0 aliphatic carbocycles. The topological polar surface area (TPSA) is 84.3 Å². The molecule has 1 aromatic heterocycles. The van der Waals surface area contributed by atoms with Gasteiger partial charge in [0.2, 0.25) is 0 Å². The molecule has 1 aliphatic heterocycles. The van der Waals surface area contributed by atoms with Crippen LogP contribution in [0, 0.1) is 0 Å². The Labute approximate surface area is 88.5 Å². The second kappa shape index (κ2) is 4.30. The molecule has 1 aromatic rings. The molecule has 0 spiro atoms. The second-order valence-corrected chi connectivity index (χ2v) is 3.88. The van der Waals surface area contributed by atoms with E-state index in [4.69, 9.17) is 5.73 Å². The predicted octanol–water partition coefficient (Wildman–Crippen LogP) is -0.296. The van der Waals surface area contributed by atoms with E-state index in [1.807, 2.05) is 4.57 Å². The van der Waals surface area contributed by atoms with Crippen LogP contribution in [0.1, 0.15) is 36.2 Å². The van der Waals surface area contributed by atoms with Gasteiger partial charge >= 0.3 is 0 Å². The van der Waals surface area contributed by atoms with Crippen molar-refractivity contribution in [3.8, 4) is 0 Å². The molecule has 1 aliphatic rings. The van der Waals surface area contributed by atoms with E-state index < -0.39 is 6.10 Å². The number of hydrogen-bond donors (Lipinski definition) is 3. The molecular formula is C10H17N3O2. The summed E-state index contributed by atoms with van der Waals surface area (Å²) in [5.74, 6) is 0.608. The molecule has 0 fully saturated rings. The van der Waals surface area contributed by atoms with Gasteiger partial charge in [0.15, 0.2) is 0 Å². The molecule has 0 bridgehead atoms. The molecule has 4 N–H and O–H groups in total. The molecule has 0 aromatic carbocycles. The molecule has 0 amide bonds. The molecule has 5 heteroatoms. The molecule has 15 heavy (non-hydrogen) atoms. The molecule has 1 atom stereocenters. The number of rotatable bonds is 3. The summed E-state index contributed by atoms with van der Waals surface area (Å²) in [5.41, 5.74) is 7.18. The fourth-order valence-corrected chi connectivity index (χ4v) is 2.13. The number of nitrogens with two attached hydrogens (primary N) is 1. The Kier molecular flexibility index (Phi) is 3.04. The Bertz CT molecular complexity index is 349. The molecule has 1 unspecified atom stereocenters. The van der Waals surface area contributed by atoms with Crippen LogP contribution in [0.25, 0.3) is 0 Å². The summed E-state index contributed by atoms with van der Waals surface area (Å²) in [4.78, 5) is 4.26. The monoisotopic (exact) mass is 211 g/mol. The lowest BCUT2D eigenvalue weighted by atomic mass is 10.1. The van der Waals surface area contributed by atoms with Crippen molar-refractivity contribution in [3.63, 3.8) is 0 Å². The van der Waals surface area contributed by atoms with Crippen molar-refractivity contribution < 1.29 is 10.2 Å². The molecule has 2 rings (SSSR count). The normalized spacial score (nSPS) is 17.5. The summed E-state index contributed by atoms with van der Waals surface area (Å²) in [6, 6.07) is 0. The van der Waals surface area contributed by atoms with Gasteiger partial charge in [-0.3, -0.25) is 0 Å². The fourth-order valence-electron chi connectivity index (χ4n) is 2.13. The van der Waals surface area contributed by atoms with E-state index >= 15 is 0 Å². The predicted molar refractivity (Wildman–Crippen MR) is 55.1 cm³/mol. The van der Waals surface area contributed by atoms with E-state index in [9.17, 15) is 10.2 Å². The average molecular weight is 211 g/mol. The van der Waals surface area contributed by atoms with Gasteiger partial charge in [0.1, 0.15) is 11.9 Å². The Hall–Kier alpha value is -0.910. The van der Waals surface area contributed by atoms with Gasteiger partial charge < -0.3 is 20.5 Å². The van der Waals surface area contributed by atoms with Crippen molar-refractivity contribution >= 4 is 0 Å². The minimum atomic E-state index is -0.720. The van der Waals surface area contributed by atoms with Gasteiger partial charge in [0.05, 0.1) is 12.3 Å². The van der Waals surface area contributed by atoms with Gasteiger partial charge in [0, 0.05) is 18.8 Å². The Morgan fingerprint density at radius 3 is 2.93 bits per heavy atom. The van der Waals surface area contributed by atoms with E-state index in [0.29, 0.717) is 11.5 Å². The van der Waals surface area contributed by atoms with Crippen LogP contribution in [0.4, 0.5) is 0 Å². The minimum Gasteiger partial charge on any atom is -0.390 e. The van der Waals surface area contributed by atoms with Crippen LogP contribution >= 0.6 is 0 Å². The summed E-state index contributed by atoms with van der Waals surface area (Å²) < 4.78 is 2.01. The van der Waals surface area contributed by atoms with Crippen LogP contribution < -0.4 is 5.73 Å². The standard InChI is InChI=1S/C10H17N3O2/c11-5-9(15)10-12-7(6-14)8-3-1-2-4-13(8)10/h9,14-15H,1-6,11H2. The van der Waals surface area contributed by atoms with Crippen LogP contribution in [-0.4, -0.2) is 26.3 Å². The van der Waals surface area contributed by atoms with Crippen molar-refractivity contribution in [2.75, 3.05) is 6.54 Å². The highest BCUT2D eigenvalue weighted by Gasteiger charge is 2.22. The van der Waals surface area contributed by atoms with Gasteiger partial charge in [-0.05, 0) is 19.3 Å². The summed E-state index contributed by atoms with van der Waals surface area (Å²) >= 11 is 0. The zero-order chi connectivity index (χ0) is 10.8. The van der Waals surface area contributed by atoms with E-state index in [2.05, 4.69) is 4.98 Å². The third-order valence-corrected chi connectivity index (χ3v) is 2.90. The van der Waals surface area contributed by atoms with E-state index in [-0.39, 0.29) is 13.2 Å². The summed E-state index contributed by atoms with van der Waals surface area (Å²) in [6.45, 7) is 0.975. The highest BCUT2D eigenvalue weighted by molar-refractivity contribution is 5.20. The van der Waals surface area contributed by atoms with Gasteiger partial charge in [0.25, 0.3) is 0 Å². The number of aromatic nitrogens is 2. The molecular weight excluding hydrogens is 194 g/mol. The van der Waals surface area contributed by atoms with Crippen molar-refractivity contribution in [3.05, 3.63) is 17.2 Å². The third kappa shape index (κ3) is 1.78. The van der Waals surface area contributed by atoms with Crippen LogP contribution in [0.2, 0.25) is 0 Å². The third-order valence-electron chi connectivity index (χ3n) is 2.90. The molecule has 2 heterocycles. The quantitative estimate of drug-likeness (QED) is 0.641. The molecule has 0 saturated heterocycles. The van der Waals surface area contributed by atoms with Gasteiger partial charge in [-0.2, -0.15) is 0 Å². The highest BCUT2D eigenvalue weighted by Crippen LogP contribution is 2.24. The largest absolute Gasteiger partial charge is 0.390 e. The lowest BCUT2D eigenvalue weighted by Crippen LogP contribution is -2.20. The van der Waals surface area contributed by atoms with Gasteiger partial charge in [-0.25, -0.2) is 4.98 Å². The fraction of sp³-hybridized carbons (Fsp3) is 0.700. The van der Waals surface area contributed by atoms with Gasteiger partial charge in [-0.15, -0.1) is 0 Å². The zero-order valence-corrected chi connectivity index (χ0v) is 8.69. The van der Waals surface area contributed by atoms with Crippen LogP contribution in [0.15, 0.2) is 0 Å². The SMILES string of the molecule is NCC(O)c1nc(CO)c2n1CCCC2. The first-order valence-electron chi connectivity index (χ1n) is 5.35. The maximum absolute atomic E-state index is 9.70. The van der Waals surface area contributed by atoms with Crippen molar-refractivity contribution in [2.45, 2.75) is 38.5 Å². The number of aliphatic hydroxyl groups is 2. The van der Waals surface area contributed by atoms with Crippen LogP contribution in [0.3, 0.4) is 0 Å². The molecule has 0 saturated carbocycles. The van der Waals surface area contributed by atoms with E-state index in [1.54, 1.807) is 0 Å². The number of nitrogens with zero attached hydrogens (tertiary/aromatic N) is 2. The summed E-state index contributed by atoms with van der Waals surface area (Å²) in [6.07, 6.45) is 2.43. The molecule has 0 radical (unpaired) electrons. The number of hydrogen-bond acceptors (Lipinski definition) is 4. The van der Waals surface area contributed by atoms with Gasteiger partial charge in [-0.1, -0.05) is 0 Å². The lowest BCUT2D eigenvalue weighted by Gasteiger charge is -2.18. The van der Waals surface area contributed by atoms with Crippen LogP contribution in [0.5, 0.6) is 0 Å². The Morgan fingerprint density at radius 1 is 1.47 bits per heavy atom.